The Kier molecular flexibility index (Phi) is 7.52. The molecule has 0 spiro atoms. The zero-order valence-electron chi connectivity index (χ0n) is 27.9. The zero-order chi connectivity index (χ0) is 34.2. The lowest BCUT2D eigenvalue weighted by atomic mass is 9.65. The number of benzene rings is 6. The highest BCUT2D eigenvalue weighted by molar-refractivity contribution is 5.88. The second-order valence-corrected chi connectivity index (χ2v) is 13.0. The zero-order valence-corrected chi connectivity index (χ0v) is 27.9. The van der Waals surface area contributed by atoms with Crippen LogP contribution in [0.1, 0.15) is 35.1 Å². The Labute approximate surface area is 297 Å². The molecular formula is C47H32N4. The number of fused-ring (bicyclic) bond motifs is 3. The average molecular weight is 653 g/mol. The molecule has 0 amide bonds. The van der Waals surface area contributed by atoms with Gasteiger partial charge in [0.15, 0.2) is 17.5 Å². The van der Waals surface area contributed by atoms with Crippen LogP contribution in [-0.4, -0.2) is 15.0 Å². The van der Waals surface area contributed by atoms with E-state index in [9.17, 15) is 5.26 Å². The highest BCUT2D eigenvalue weighted by Gasteiger charge is 2.47. The fourth-order valence-electron chi connectivity index (χ4n) is 7.79. The molecule has 1 aromatic heterocycles. The van der Waals surface area contributed by atoms with Crippen molar-refractivity contribution in [2.45, 2.75) is 18.3 Å². The molecule has 2 aliphatic carbocycles. The van der Waals surface area contributed by atoms with Gasteiger partial charge in [-0.3, -0.25) is 0 Å². The summed E-state index contributed by atoms with van der Waals surface area (Å²) in [5, 5.41) is 9.30. The van der Waals surface area contributed by atoms with E-state index in [0.29, 0.717) is 23.0 Å². The van der Waals surface area contributed by atoms with Crippen LogP contribution in [0, 0.1) is 11.3 Å². The fourth-order valence-corrected chi connectivity index (χ4v) is 7.79. The van der Waals surface area contributed by atoms with Crippen LogP contribution >= 0.6 is 0 Å². The van der Waals surface area contributed by atoms with Gasteiger partial charge in [0.05, 0.1) is 17.0 Å². The van der Waals surface area contributed by atoms with Gasteiger partial charge in [0.1, 0.15) is 0 Å². The monoisotopic (exact) mass is 652 g/mol. The summed E-state index contributed by atoms with van der Waals surface area (Å²) in [4.78, 5) is 15.3. The van der Waals surface area contributed by atoms with E-state index < -0.39 is 5.41 Å². The first-order chi connectivity index (χ1) is 25.2. The number of rotatable bonds is 6. The summed E-state index contributed by atoms with van der Waals surface area (Å²) in [5.74, 6) is 1.85. The van der Waals surface area contributed by atoms with Gasteiger partial charge in [-0.2, -0.15) is 5.26 Å². The minimum absolute atomic E-state index is 0.443. The van der Waals surface area contributed by atoms with Crippen LogP contribution in [0.3, 0.4) is 0 Å². The van der Waals surface area contributed by atoms with E-state index in [1.54, 1.807) is 0 Å². The molecule has 6 aromatic carbocycles. The Morgan fingerprint density at radius 3 is 1.84 bits per heavy atom. The molecule has 240 valence electrons. The Morgan fingerprint density at radius 1 is 0.510 bits per heavy atom. The Hall–Kier alpha value is -6.70. The molecule has 0 saturated carbocycles. The van der Waals surface area contributed by atoms with Crippen LogP contribution < -0.4 is 0 Å². The summed E-state index contributed by atoms with van der Waals surface area (Å²) < 4.78 is 0. The highest BCUT2D eigenvalue weighted by Crippen LogP contribution is 2.58. The Balaban J connectivity index is 1.25. The second kappa shape index (κ2) is 12.6. The number of nitrogens with zero attached hydrogens (tertiary/aromatic N) is 4. The lowest BCUT2D eigenvalue weighted by Crippen LogP contribution is -2.30. The van der Waals surface area contributed by atoms with Crippen molar-refractivity contribution in [3.05, 3.63) is 198 Å². The normalized spacial score (nSPS) is 15.8. The first-order valence-electron chi connectivity index (χ1n) is 17.3. The van der Waals surface area contributed by atoms with Gasteiger partial charge in [-0.1, -0.05) is 151 Å². The predicted molar refractivity (Wildman–Crippen MR) is 205 cm³/mol. The summed E-state index contributed by atoms with van der Waals surface area (Å²) in [6, 6.07) is 54.8. The van der Waals surface area contributed by atoms with Crippen LogP contribution in [0.4, 0.5) is 0 Å². The molecule has 0 fully saturated rings. The van der Waals surface area contributed by atoms with Gasteiger partial charge in [-0.05, 0) is 76.1 Å². The lowest BCUT2D eigenvalue weighted by Gasteiger charge is -2.36. The van der Waals surface area contributed by atoms with E-state index in [0.717, 1.165) is 40.7 Å². The van der Waals surface area contributed by atoms with E-state index >= 15 is 0 Å². The molecular weight excluding hydrogens is 621 g/mol. The molecule has 1 unspecified atom stereocenters. The van der Waals surface area contributed by atoms with Gasteiger partial charge in [0.2, 0.25) is 0 Å². The van der Waals surface area contributed by atoms with E-state index in [4.69, 9.17) is 15.0 Å². The fraction of sp³-hybridized carbons (Fsp3) is 0.0638. The van der Waals surface area contributed by atoms with Crippen molar-refractivity contribution >= 4 is 0 Å². The summed E-state index contributed by atoms with van der Waals surface area (Å²) >= 11 is 0. The van der Waals surface area contributed by atoms with Crippen LogP contribution in [0.5, 0.6) is 0 Å². The third-order valence-corrected chi connectivity index (χ3v) is 10.1. The number of aromatic nitrogens is 3. The molecule has 0 aliphatic heterocycles. The van der Waals surface area contributed by atoms with Crippen molar-refractivity contribution in [3.63, 3.8) is 0 Å². The largest absolute Gasteiger partial charge is 0.208 e. The van der Waals surface area contributed by atoms with Crippen LogP contribution in [0.25, 0.3) is 56.4 Å². The van der Waals surface area contributed by atoms with Crippen LogP contribution in [-0.2, 0) is 5.41 Å². The first-order valence-corrected chi connectivity index (χ1v) is 17.3. The maximum absolute atomic E-state index is 9.30. The summed E-state index contributed by atoms with van der Waals surface area (Å²) in [6.45, 7) is 0. The minimum atomic E-state index is -0.443. The second-order valence-electron chi connectivity index (χ2n) is 13.0. The number of hydrogen-bond acceptors (Lipinski definition) is 4. The highest BCUT2D eigenvalue weighted by atomic mass is 15.0. The van der Waals surface area contributed by atoms with E-state index in [1.165, 1.54) is 33.4 Å². The molecule has 1 heterocycles. The predicted octanol–water partition coefficient (Wildman–Crippen LogP) is 11.0. The maximum atomic E-state index is 9.30. The molecule has 7 aromatic rings. The number of hydrogen-bond donors (Lipinski definition) is 0. The van der Waals surface area contributed by atoms with Gasteiger partial charge in [0, 0.05) is 16.7 Å². The van der Waals surface area contributed by atoms with Crippen LogP contribution in [0.15, 0.2) is 175 Å². The summed E-state index contributed by atoms with van der Waals surface area (Å²) in [5.41, 5.74) is 12.7. The molecule has 0 radical (unpaired) electrons. The van der Waals surface area contributed by atoms with E-state index in [-0.39, 0.29) is 0 Å². The maximum Gasteiger partial charge on any atom is 0.164 e. The number of nitriles is 1. The molecule has 0 saturated heterocycles. The molecule has 4 nitrogen and oxygen atoms in total. The quantitative estimate of drug-likeness (QED) is 0.179. The smallest absolute Gasteiger partial charge is 0.164 e. The topological polar surface area (TPSA) is 62.5 Å². The van der Waals surface area contributed by atoms with Crippen molar-refractivity contribution in [2.75, 3.05) is 0 Å². The third-order valence-electron chi connectivity index (χ3n) is 10.1. The Bertz CT molecular complexity index is 2530. The van der Waals surface area contributed by atoms with Crippen molar-refractivity contribution in [3.8, 4) is 62.5 Å². The van der Waals surface area contributed by atoms with E-state index in [1.807, 2.05) is 66.7 Å². The lowest BCUT2D eigenvalue weighted by molar-refractivity contribution is 0.693. The molecule has 0 N–H and O–H groups in total. The molecule has 1 atom stereocenters. The van der Waals surface area contributed by atoms with Gasteiger partial charge in [0.25, 0.3) is 0 Å². The van der Waals surface area contributed by atoms with Gasteiger partial charge < -0.3 is 0 Å². The third kappa shape index (κ3) is 5.19. The molecule has 0 bridgehead atoms. The minimum Gasteiger partial charge on any atom is -0.208 e. The average Bonchev–Trinajstić information content (AvgIpc) is 3.52. The van der Waals surface area contributed by atoms with E-state index in [2.05, 4.69) is 109 Å². The van der Waals surface area contributed by atoms with Crippen molar-refractivity contribution in [1.82, 2.24) is 15.0 Å². The van der Waals surface area contributed by atoms with Crippen LogP contribution in [0.2, 0.25) is 0 Å². The van der Waals surface area contributed by atoms with Crippen molar-refractivity contribution < 1.29 is 0 Å². The van der Waals surface area contributed by atoms with Gasteiger partial charge in [-0.15, -0.1) is 0 Å². The SMILES string of the molecule is N#Cc1ccc(-c2cccc(-c3nc(-c4ccccc4)nc(-c4ccc5c(c4)C(C4=CC=CCC4)(c4ccccc4)c4ccccc4-5)n3)c2)cc1. The first kappa shape index (κ1) is 30.4. The number of allylic oxidation sites excluding steroid dienone is 4. The summed E-state index contributed by atoms with van der Waals surface area (Å²) in [6.07, 6.45) is 8.78. The van der Waals surface area contributed by atoms with Crippen molar-refractivity contribution in [1.29, 1.82) is 5.26 Å². The molecule has 2 aliphatic rings. The van der Waals surface area contributed by atoms with Gasteiger partial charge in [-0.25, -0.2) is 15.0 Å². The molecule has 4 heteroatoms. The molecule has 51 heavy (non-hydrogen) atoms. The Morgan fingerprint density at radius 2 is 1.12 bits per heavy atom. The van der Waals surface area contributed by atoms with Crippen molar-refractivity contribution in [2.24, 2.45) is 0 Å². The standard InChI is InChI=1S/C47H32N4/c48-31-32-23-25-33(26-24-32)35-15-12-16-36(29-35)45-49-44(34-13-4-1-5-14-34)50-46(51-45)37-27-28-41-40-21-10-11-22-42(40)47(43(41)30-37,38-17-6-2-7-18-38)39-19-8-3-9-20-39/h1-8,10-19,21-30H,9,20H2. The molecule has 9 rings (SSSR count). The van der Waals surface area contributed by atoms with Gasteiger partial charge >= 0.3 is 0 Å². The summed E-state index contributed by atoms with van der Waals surface area (Å²) in [7, 11) is 0.